The van der Waals surface area contributed by atoms with Crippen LogP contribution in [0, 0.1) is 5.41 Å². The number of ketones is 1. The lowest BCUT2D eigenvalue weighted by atomic mass is 9.84. The predicted molar refractivity (Wildman–Crippen MR) is 48.6 cm³/mol. The Labute approximate surface area is 70.2 Å². The first-order valence-corrected chi connectivity index (χ1v) is 4.53. The first kappa shape index (κ1) is 10.7. The van der Waals surface area contributed by atoms with E-state index in [1.807, 2.05) is 0 Å². The summed E-state index contributed by atoms with van der Waals surface area (Å²) >= 11 is 0. The number of hydrogen-bond acceptors (Lipinski definition) is 1. The Morgan fingerprint density at radius 3 is 2.18 bits per heavy atom. The molecule has 1 heteroatoms. The van der Waals surface area contributed by atoms with Crippen molar-refractivity contribution < 1.29 is 4.79 Å². The van der Waals surface area contributed by atoms with Gasteiger partial charge in [0.15, 0.2) is 0 Å². The summed E-state index contributed by atoms with van der Waals surface area (Å²) in [6, 6.07) is 0. The van der Waals surface area contributed by atoms with E-state index < -0.39 is 0 Å². The van der Waals surface area contributed by atoms with Gasteiger partial charge in [-0.05, 0) is 11.8 Å². The molecule has 66 valence electrons. The molecule has 0 fully saturated rings. The molecule has 0 aliphatic heterocycles. The lowest BCUT2D eigenvalue weighted by Crippen LogP contribution is -2.15. The minimum absolute atomic E-state index is 0.215. The molecule has 11 heavy (non-hydrogen) atoms. The fourth-order valence-electron chi connectivity index (χ4n) is 1.03. The van der Waals surface area contributed by atoms with Gasteiger partial charge in [0.05, 0.1) is 0 Å². The second-order valence-electron chi connectivity index (χ2n) is 3.98. The summed E-state index contributed by atoms with van der Waals surface area (Å²) in [7, 11) is 0. The third-order valence-corrected chi connectivity index (χ3v) is 2.16. The van der Waals surface area contributed by atoms with Gasteiger partial charge in [-0.3, -0.25) is 4.79 Å². The maximum atomic E-state index is 11.2. The number of hydrogen-bond donors (Lipinski definition) is 0. The van der Waals surface area contributed by atoms with Crippen molar-refractivity contribution in [1.82, 2.24) is 0 Å². The quantitative estimate of drug-likeness (QED) is 0.597. The van der Waals surface area contributed by atoms with Crippen LogP contribution in [0.2, 0.25) is 0 Å². The van der Waals surface area contributed by atoms with Crippen molar-refractivity contribution in [2.45, 2.75) is 53.4 Å². The predicted octanol–water partition coefficient (Wildman–Crippen LogP) is 3.18. The fraction of sp³-hybridized carbons (Fsp3) is 0.900. The van der Waals surface area contributed by atoms with E-state index in [4.69, 9.17) is 0 Å². The molecule has 0 atom stereocenters. The van der Waals surface area contributed by atoms with Gasteiger partial charge in [0.2, 0.25) is 0 Å². The topological polar surface area (TPSA) is 17.1 Å². The van der Waals surface area contributed by atoms with E-state index in [2.05, 4.69) is 27.7 Å². The molecule has 0 aliphatic rings. The third kappa shape index (κ3) is 5.00. The highest BCUT2D eigenvalue weighted by Crippen LogP contribution is 2.25. The largest absolute Gasteiger partial charge is 0.300 e. The SMILES string of the molecule is CCCC(=O)CC(C)(C)CC. The van der Waals surface area contributed by atoms with Crippen LogP contribution in [-0.4, -0.2) is 5.78 Å². The zero-order chi connectivity index (χ0) is 8.91. The van der Waals surface area contributed by atoms with Gasteiger partial charge in [0, 0.05) is 12.8 Å². The Morgan fingerprint density at radius 1 is 1.27 bits per heavy atom. The molecule has 0 aromatic carbocycles. The van der Waals surface area contributed by atoms with Gasteiger partial charge in [-0.15, -0.1) is 0 Å². The van der Waals surface area contributed by atoms with Gasteiger partial charge in [0.1, 0.15) is 5.78 Å². The molecule has 0 unspecified atom stereocenters. The van der Waals surface area contributed by atoms with Crippen molar-refractivity contribution in [3.05, 3.63) is 0 Å². The minimum atomic E-state index is 0.215. The second kappa shape index (κ2) is 4.53. The molecule has 0 saturated heterocycles. The zero-order valence-corrected chi connectivity index (χ0v) is 8.24. The summed E-state index contributed by atoms with van der Waals surface area (Å²) in [5, 5.41) is 0. The molecular weight excluding hydrogens is 136 g/mol. The molecule has 0 saturated carbocycles. The highest BCUT2D eigenvalue weighted by molar-refractivity contribution is 5.78. The first-order chi connectivity index (χ1) is 5.02. The van der Waals surface area contributed by atoms with Crippen LogP contribution in [0.25, 0.3) is 0 Å². The summed E-state index contributed by atoms with van der Waals surface area (Å²) in [5.41, 5.74) is 0.215. The van der Waals surface area contributed by atoms with Gasteiger partial charge in [0.25, 0.3) is 0 Å². The second-order valence-corrected chi connectivity index (χ2v) is 3.98. The number of Topliss-reactive ketones (excluding diaryl/α,β-unsaturated/α-hetero) is 1. The van der Waals surface area contributed by atoms with Gasteiger partial charge in [-0.2, -0.15) is 0 Å². The van der Waals surface area contributed by atoms with Crippen molar-refractivity contribution in [3.8, 4) is 0 Å². The van der Waals surface area contributed by atoms with Crippen LogP contribution in [0.15, 0.2) is 0 Å². The molecule has 0 aliphatic carbocycles. The van der Waals surface area contributed by atoms with Crippen molar-refractivity contribution in [1.29, 1.82) is 0 Å². The van der Waals surface area contributed by atoms with Crippen LogP contribution in [0.5, 0.6) is 0 Å². The van der Waals surface area contributed by atoms with E-state index in [9.17, 15) is 4.79 Å². The lowest BCUT2D eigenvalue weighted by molar-refractivity contribution is -0.121. The molecule has 0 rings (SSSR count). The summed E-state index contributed by atoms with van der Waals surface area (Å²) in [6.07, 6.45) is 3.57. The Kier molecular flexibility index (Phi) is 4.39. The average Bonchev–Trinajstić information content (AvgIpc) is 1.87. The molecule has 0 heterocycles. The maximum Gasteiger partial charge on any atom is 0.133 e. The number of rotatable bonds is 5. The summed E-state index contributed by atoms with van der Waals surface area (Å²) in [6.45, 7) is 8.50. The van der Waals surface area contributed by atoms with Gasteiger partial charge < -0.3 is 0 Å². The Morgan fingerprint density at radius 2 is 1.82 bits per heavy atom. The van der Waals surface area contributed by atoms with E-state index in [0.29, 0.717) is 5.78 Å². The van der Waals surface area contributed by atoms with Crippen LogP contribution in [0.3, 0.4) is 0 Å². The molecule has 0 N–H and O–H groups in total. The molecule has 0 amide bonds. The van der Waals surface area contributed by atoms with E-state index >= 15 is 0 Å². The first-order valence-electron chi connectivity index (χ1n) is 4.53. The lowest BCUT2D eigenvalue weighted by Gasteiger charge is -2.20. The number of carbonyl (C=O) groups is 1. The molecule has 0 radical (unpaired) electrons. The molecule has 0 aromatic heterocycles. The van der Waals surface area contributed by atoms with Gasteiger partial charge in [-0.1, -0.05) is 34.1 Å². The van der Waals surface area contributed by atoms with Gasteiger partial charge >= 0.3 is 0 Å². The van der Waals surface area contributed by atoms with E-state index in [-0.39, 0.29) is 5.41 Å². The van der Waals surface area contributed by atoms with E-state index in [1.165, 1.54) is 0 Å². The maximum absolute atomic E-state index is 11.2. The highest BCUT2D eigenvalue weighted by atomic mass is 16.1. The fourth-order valence-corrected chi connectivity index (χ4v) is 1.03. The molecular formula is C10H20O. The Hall–Kier alpha value is -0.330. The normalized spacial score (nSPS) is 11.6. The average molecular weight is 156 g/mol. The highest BCUT2D eigenvalue weighted by Gasteiger charge is 2.18. The van der Waals surface area contributed by atoms with Crippen LogP contribution < -0.4 is 0 Å². The monoisotopic (exact) mass is 156 g/mol. The van der Waals surface area contributed by atoms with E-state index in [1.54, 1.807) is 0 Å². The van der Waals surface area contributed by atoms with Crippen LogP contribution in [0.1, 0.15) is 53.4 Å². The molecule has 0 spiro atoms. The molecule has 1 nitrogen and oxygen atoms in total. The summed E-state index contributed by atoms with van der Waals surface area (Å²) in [5.74, 6) is 0.416. The smallest absolute Gasteiger partial charge is 0.133 e. The van der Waals surface area contributed by atoms with Crippen LogP contribution in [-0.2, 0) is 4.79 Å². The zero-order valence-electron chi connectivity index (χ0n) is 8.24. The van der Waals surface area contributed by atoms with Crippen molar-refractivity contribution in [2.75, 3.05) is 0 Å². The molecule has 0 bridgehead atoms. The van der Waals surface area contributed by atoms with Gasteiger partial charge in [-0.25, -0.2) is 0 Å². The number of carbonyl (C=O) groups excluding carboxylic acids is 1. The standard InChI is InChI=1S/C10H20O/c1-5-7-9(11)8-10(3,4)6-2/h5-8H2,1-4H3. The van der Waals surface area contributed by atoms with Crippen LogP contribution >= 0.6 is 0 Å². The Balaban J connectivity index is 3.74. The van der Waals surface area contributed by atoms with Crippen LogP contribution in [0.4, 0.5) is 0 Å². The Bertz CT molecular complexity index is 125. The third-order valence-electron chi connectivity index (χ3n) is 2.16. The van der Waals surface area contributed by atoms with E-state index in [0.717, 1.165) is 25.7 Å². The molecule has 0 aromatic rings. The van der Waals surface area contributed by atoms with Crippen molar-refractivity contribution in [2.24, 2.45) is 5.41 Å². The summed E-state index contributed by atoms with van der Waals surface area (Å²) in [4.78, 5) is 11.2. The van der Waals surface area contributed by atoms with Crippen molar-refractivity contribution in [3.63, 3.8) is 0 Å². The summed E-state index contributed by atoms with van der Waals surface area (Å²) < 4.78 is 0. The van der Waals surface area contributed by atoms with Crippen molar-refractivity contribution >= 4 is 5.78 Å². The minimum Gasteiger partial charge on any atom is -0.300 e.